The molecule has 0 aliphatic rings. The Bertz CT molecular complexity index is 586. The van der Waals surface area contributed by atoms with Crippen LogP contribution < -0.4 is 16.0 Å². The molecular weight excluding hydrogens is 291 g/mol. The summed E-state index contributed by atoms with van der Waals surface area (Å²) in [5.41, 5.74) is 3.69. The summed E-state index contributed by atoms with van der Waals surface area (Å²) in [6.07, 6.45) is 0.884. The lowest BCUT2D eigenvalue weighted by Crippen LogP contribution is -2.30. The molecule has 0 saturated heterocycles. The van der Waals surface area contributed by atoms with Gasteiger partial charge in [-0.25, -0.2) is 9.82 Å². The van der Waals surface area contributed by atoms with Crippen LogP contribution >= 0.6 is 11.6 Å². The first-order valence-electron chi connectivity index (χ1n) is 6.80. The Morgan fingerprint density at radius 3 is 2.67 bits per heavy atom. The lowest BCUT2D eigenvalue weighted by atomic mass is 9.98. The molecule has 2 aromatic carbocycles. The van der Waals surface area contributed by atoms with Gasteiger partial charge in [-0.15, -0.1) is 0 Å². The monoisotopic (exact) mass is 308 g/mol. The van der Waals surface area contributed by atoms with Crippen molar-refractivity contribution < 1.29 is 9.13 Å². The number of nitrogens with two attached hydrogens (primary N) is 1. The Balaban J connectivity index is 2.47. The van der Waals surface area contributed by atoms with Crippen LogP contribution in [0.15, 0.2) is 42.5 Å². The fourth-order valence-corrected chi connectivity index (χ4v) is 2.45. The topological polar surface area (TPSA) is 47.3 Å². The molecule has 0 aliphatic carbocycles. The zero-order valence-electron chi connectivity index (χ0n) is 11.8. The number of hydrazine groups is 1. The van der Waals surface area contributed by atoms with Gasteiger partial charge in [-0.1, -0.05) is 42.8 Å². The molecule has 1 unspecified atom stereocenters. The van der Waals surface area contributed by atoms with Crippen LogP contribution in [0, 0.1) is 5.82 Å². The van der Waals surface area contributed by atoms with Crippen molar-refractivity contribution in [2.45, 2.75) is 19.4 Å². The van der Waals surface area contributed by atoms with Crippen molar-refractivity contribution in [2.24, 2.45) is 5.84 Å². The van der Waals surface area contributed by atoms with E-state index in [-0.39, 0.29) is 0 Å². The predicted octanol–water partition coefficient (Wildman–Crippen LogP) is 3.82. The Labute approximate surface area is 128 Å². The van der Waals surface area contributed by atoms with Crippen molar-refractivity contribution >= 4 is 11.6 Å². The third-order valence-corrected chi connectivity index (χ3v) is 3.48. The molecule has 2 rings (SSSR count). The second kappa shape index (κ2) is 7.41. The summed E-state index contributed by atoms with van der Waals surface area (Å²) >= 11 is 6.13. The lowest BCUT2D eigenvalue weighted by Gasteiger charge is -2.21. The Morgan fingerprint density at radius 2 is 2.00 bits per heavy atom. The number of ether oxygens (including phenoxy) is 1. The van der Waals surface area contributed by atoms with Crippen LogP contribution in [0.2, 0.25) is 5.02 Å². The van der Waals surface area contributed by atoms with Crippen LogP contribution in [0.3, 0.4) is 0 Å². The van der Waals surface area contributed by atoms with Crippen molar-refractivity contribution in [3.63, 3.8) is 0 Å². The average Bonchev–Trinajstić information content (AvgIpc) is 2.49. The van der Waals surface area contributed by atoms with Gasteiger partial charge in [0.25, 0.3) is 0 Å². The molecule has 0 amide bonds. The SMILES string of the molecule is CCCOc1ccccc1C(NN)c1c(F)cccc1Cl. The molecule has 112 valence electrons. The molecule has 2 aromatic rings. The van der Waals surface area contributed by atoms with E-state index in [1.165, 1.54) is 6.07 Å². The van der Waals surface area contributed by atoms with E-state index in [9.17, 15) is 4.39 Å². The van der Waals surface area contributed by atoms with Gasteiger partial charge in [-0.2, -0.15) is 0 Å². The number of rotatable bonds is 6. The molecule has 0 spiro atoms. The van der Waals surface area contributed by atoms with Gasteiger partial charge in [-0.05, 0) is 24.6 Å². The van der Waals surface area contributed by atoms with Gasteiger partial charge in [0.1, 0.15) is 11.6 Å². The summed E-state index contributed by atoms with van der Waals surface area (Å²) in [5.74, 6) is 5.90. The minimum Gasteiger partial charge on any atom is -0.493 e. The molecule has 5 heteroatoms. The molecule has 0 aromatic heterocycles. The smallest absolute Gasteiger partial charge is 0.129 e. The minimum atomic E-state index is -0.577. The average molecular weight is 309 g/mol. The second-order valence-corrected chi connectivity index (χ2v) is 5.03. The third kappa shape index (κ3) is 3.53. The first kappa shape index (κ1) is 15.8. The molecular formula is C16H18ClFN2O. The maximum absolute atomic E-state index is 14.1. The van der Waals surface area contributed by atoms with E-state index < -0.39 is 11.9 Å². The zero-order chi connectivity index (χ0) is 15.2. The lowest BCUT2D eigenvalue weighted by molar-refractivity contribution is 0.311. The molecule has 1 atom stereocenters. The zero-order valence-corrected chi connectivity index (χ0v) is 12.5. The minimum absolute atomic E-state index is 0.314. The first-order chi connectivity index (χ1) is 10.2. The van der Waals surface area contributed by atoms with Crippen molar-refractivity contribution in [3.8, 4) is 5.75 Å². The standard InChI is InChI=1S/C16H18ClFN2O/c1-2-10-21-14-9-4-3-6-11(14)16(20-19)15-12(17)7-5-8-13(15)18/h3-9,16,20H,2,10,19H2,1H3. The number of halogens is 2. The van der Waals surface area contributed by atoms with E-state index in [1.807, 2.05) is 31.2 Å². The highest BCUT2D eigenvalue weighted by molar-refractivity contribution is 6.31. The van der Waals surface area contributed by atoms with Crippen LogP contribution in [0.4, 0.5) is 4.39 Å². The summed E-state index contributed by atoms with van der Waals surface area (Å²) in [5, 5.41) is 0.322. The highest BCUT2D eigenvalue weighted by Crippen LogP contribution is 2.34. The number of benzene rings is 2. The summed E-state index contributed by atoms with van der Waals surface area (Å²) in [4.78, 5) is 0. The Kier molecular flexibility index (Phi) is 5.56. The van der Waals surface area contributed by atoms with Gasteiger partial charge >= 0.3 is 0 Å². The number of para-hydroxylation sites is 1. The molecule has 0 heterocycles. The van der Waals surface area contributed by atoms with E-state index in [0.29, 0.717) is 22.9 Å². The molecule has 0 bridgehead atoms. The maximum atomic E-state index is 14.1. The highest BCUT2D eigenvalue weighted by Gasteiger charge is 2.22. The van der Waals surface area contributed by atoms with Crippen molar-refractivity contribution in [1.82, 2.24) is 5.43 Å². The Morgan fingerprint density at radius 1 is 1.24 bits per heavy atom. The summed E-state index contributed by atoms with van der Waals surface area (Å²) in [6.45, 7) is 2.61. The van der Waals surface area contributed by atoms with E-state index in [1.54, 1.807) is 12.1 Å². The first-order valence-corrected chi connectivity index (χ1v) is 7.18. The van der Waals surface area contributed by atoms with Gasteiger partial charge in [0, 0.05) is 16.1 Å². The van der Waals surface area contributed by atoms with E-state index >= 15 is 0 Å². The fourth-order valence-electron chi connectivity index (χ4n) is 2.18. The van der Waals surface area contributed by atoms with Crippen molar-refractivity contribution in [3.05, 3.63) is 64.4 Å². The maximum Gasteiger partial charge on any atom is 0.129 e. The molecule has 0 fully saturated rings. The number of hydrogen-bond donors (Lipinski definition) is 2. The summed E-state index contributed by atoms with van der Waals surface area (Å²) < 4.78 is 19.8. The van der Waals surface area contributed by atoms with E-state index in [0.717, 1.165) is 12.0 Å². The highest BCUT2D eigenvalue weighted by atomic mass is 35.5. The van der Waals surface area contributed by atoms with Gasteiger partial charge < -0.3 is 4.74 Å². The Hall–Kier alpha value is -1.62. The summed E-state index contributed by atoms with van der Waals surface area (Å²) in [6, 6.07) is 11.4. The normalized spacial score (nSPS) is 12.2. The molecule has 0 saturated carbocycles. The largest absolute Gasteiger partial charge is 0.493 e. The van der Waals surface area contributed by atoms with Crippen LogP contribution in [0.5, 0.6) is 5.75 Å². The van der Waals surface area contributed by atoms with Gasteiger partial charge in [0.05, 0.1) is 12.6 Å². The second-order valence-electron chi connectivity index (χ2n) is 4.62. The van der Waals surface area contributed by atoms with E-state index in [2.05, 4.69) is 5.43 Å². The van der Waals surface area contributed by atoms with Gasteiger partial charge in [0.2, 0.25) is 0 Å². The molecule has 21 heavy (non-hydrogen) atoms. The number of hydrogen-bond acceptors (Lipinski definition) is 3. The van der Waals surface area contributed by atoms with E-state index in [4.69, 9.17) is 22.2 Å². The van der Waals surface area contributed by atoms with Crippen LogP contribution in [-0.2, 0) is 0 Å². The van der Waals surface area contributed by atoms with Crippen LogP contribution in [0.25, 0.3) is 0 Å². The molecule has 0 radical (unpaired) electrons. The quantitative estimate of drug-likeness (QED) is 0.630. The van der Waals surface area contributed by atoms with Gasteiger partial charge in [-0.3, -0.25) is 5.84 Å². The summed E-state index contributed by atoms with van der Waals surface area (Å²) in [7, 11) is 0. The van der Waals surface area contributed by atoms with Gasteiger partial charge in [0.15, 0.2) is 0 Å². The van der Waals surface area contributed by atoms with Crippen LogP contribution in [-0.4, -0.2) is 6.61 Å². The van der Waals surface area contributed by atoms with Crippen molar-refractivity contribution in [1.29, 1.82) is 0 Å². The number of nitrogens with one attached hydrogen (secondary N) is 1. The molecule has 3 nitrogen and oxygen atoms in total. The van der Waals surface area contributed by atoms with Crippen molar-refractivity contribution in [2.75, 3.05) is 6.61 Å². The molecule has 3 N–H and O–H groups in total. The predicted molar refractivity (Wildman–Crippen MR) is 82.8 cm³/mol. The third-order valence-electron chi connectivity index (χ3n) is 3.15. The fraction of sp³-hybridized carbons (Fsp3) is 0.250. The van der Waals surface area contributed by atoms with Crippen LogP contribution in [0.1, 0.15) is 30.5 Å². The molecule has 0 aliphatic heterocycles.